The van der Waals surface area contributed by atoms with Crippen LogP contribution in [0.25, 0.3) is 0 Å². The van der Waals surface area contributed by atoms with Crippen LogP contribution in [0.2, 0.25) is 0 Å². The first-order valence-electron chi connectivity index (χ1n) is 4.57. The van der Waals surface area contributed by atoms with Crippen molar-refractivity contribution < 1.29 is 9.53 Å². The lowest BCUT2D eigenvalue weighted by Gasteiger charge is -2.08. The van der Waals surface area contributed by atoms with Crippen molar-refractivity contribution in [2.24, 2.45) is 5.92 Å². The van der Waals surface area contributed by atoms with Crippen molar-refractivity contribution in [3.8, 4) is 5.75 Å². The first kappa shape index (κ1) is 10.5. The van der Waals surface area contributed by atoms with Crippen molar-refractivity contribution in [1.29, 1.82) is 0 Å². The highest BCUT2D eigenvalue weighted by Gasteiger charge is 2.14. The summed E-state index contributed by atoms with van der Waals surface area (Å²) in [6, 6.07) is 7.18. The van der Waals surface area contributed by atoms with E-state index in [1.54, 1.807) is 12.1 Å². The minimum atomic E-state index is -0.0236. The summed E-state index contributed by atoms with van der Waals surface area (Å²) in [6.07, 6.45) is 1.33. The van der Waals surface area contributed by atoms with Crippen molar-refractivity contribution in [2.45, 2.75) is 13.8 Å². The van der Waals surface area contributed by atoms with E-state index in [1.807, 2.05) is 26.0 Å². The molecule has 0 saturated carbocycles. The van der Waals surface area contributed by atoms with Crippen molar-refractivity contribution in [2.75, 3.05) is 0 Å². The Morgan fingerprint density at radius 1 is 1.43 bits per heavy atom. The van der Waals surface area contributed by atoms with Gasteiger partial charge in [0.25, 0.3) is 0 Å². The van der Waals surface area contributed by atoms with Gasteiger partial charge in [-0.2, -0.15) is 0 Å². The van der Waals surface area contributed by atoms with Gasteiger partial charge in [0.15, 0.2) is 5.78 Å². The van der Waals surface area contributed by atoms with Crippen molar-refractivity contribution in [3.63, 3.8) is 0 Å². The molecule has 0 aliphatic carbocycles. The molecule has 74 valence electrons. The Morgan fingerprint density at radius 3 is 2.64 bits per heavy atom. The number of para-hydroxylation sites is 1. The number of Topliss-reactive ketones (excluding diaryl/α,β-unsaturated/α-hetero) is 1. The van der Waals surface area contributed by atoms with Crippen LogP contribution in [0.3, 0.4) is 0 Å². The Bertz CT molecular complexity index is 340. The molecule has 14 heavy (non-hydrogen) atoms. The quantitative estimate of drug-likeness (QED) is 0.538. The van der Waals surface area contributed by atoms with Gasteiger partial charge in [-0.15, -0.1) is 0 Å². The predicted octanol–water partition coefficient (Wildman–Crippen LogP) is 3.05. The SMILES string of the molecule is C=COc1ccccc1C(=O)C(C)C. The summed E-state index contributed by atoms with van der Waals surface area (Å²) in [5.41, 5.74) is 0.613. The molecule has 0 saturated heterocycles. The van der Waals surface area contributed by atoms with Crippen LogP contribution >= 0.6 is 0 Å². The summed E-state index contributed by atoms with van der Waals surface area (Å²) < 4.78 is 5.15. The maximum Gasteiger partial charge on any atom is 0.169 e. The van der Waals surface area contributed by atoms with Crippen LogP contribution in [0.5, 0.6) is 5.75 Å². The average Bonchev–Trinajstić information content (AvgIpc) is 2.18. The van der Waals surface area contributed by atoms with Gasteiger partial charge in [0.2, 0.25) is 0 Å². The van der Waals surface area contributed by atoms with Gasteiger partial charge in [0, 0.05) is 5.92 Å². The largest absolute Gasteiger partial charge is 0.465 e. The normalized spacial score (nSPS) is 9.93. The summed E-state index contributed by atoms with van der Waals surface area (Å²) in [7, 11) is 0. The number of ketones is 1. The lowest BCUT2D eigenvalue weighted by atomic mass is 10.0. The average molecular weight is 190 g/mol. The minimum Gasteiger partial charge on any atom is -0.465 e. The molecular weight excluding hydrogens is 176 g/mol. The van der Waals surface area contributed by atoms with Crippen LogP contribution in [0.1, 0.15) is 24.2 Å². The highest BCUT2D eigenvalue weighted by atomic mass is 16.5. The van der Waals surface area contributed by atoms with E-state index in [9.17, 15) is 4.79 Å². The second-order valence-corrected chi connectivity index (χ2v) is 3.30. The number of hydrogen-bond donors (Lipinski definition) is 0. The van der Waals surface area contributed by atoms with E-state index in [2.05, 4.69) is 6.58 Å². The van der Waals surface area contributed by atoms with E-state index in [0.29, 0.717) is 11.3 Å². The first-order valence-corrected chi connectivity index (χ1v) is 4.57. The van der Waals surface area contributed by atoms with Gasteiger partial charge in [-0.05, 0) is 12.1 Å². The Balaban J connectivity index is 3.06. The number of rotatable bonds is 4. The standard InChI is InChI=1S/C12H14O2/c1-4-14-11-8-6-5-7-10(11)12(13)9(2)3/h4-9H,1H2,2-3H3. The second kappa shape index (κ2) is 4.61. The molecule has 0 aromatic heterocycles. The molecule has 0 fully saturated rings. The van der Waals surface area contributed by atoms with E-state index >= 15 is 0 Å². The van der Waals surface area contributed by atoms with Crippen LogP contribution in [0.4, 0.5) is 0 Å². The molecular formula is C12H14O2. The van der Waals surface area contributed by atoms with Crippen molar-refractivity contribution >= 4 is 5.78 Å². The third-order valence-electron chi connectivity index (χ3n) is 1.89. The third kappa shape index (κ3) is 2.22. The van der Waals surface area contributed by atoms with Gasteiger partial charge < -0.3 is 4.74 Å². The summed E-state index contributed by atoms with van der Waals surface area (Å²) in [6.45, 7) is 7.20. The molecule has 0 bridgehead atoms. The zero-order valence-corrected chi connectivity index (χ0v) is 8.49. The molecule has 0 spiro atoms. The van der Waals surface area contributed by atoms with E-state index in [0.717, 1.165) is 0 Å². The fourth-order valence-corrected chi connectivity index (χ4v) is 1.17. The molecule has 0 unspecified atom stereocenters. The van der Waals surface area contributed by atoms with Crippen LogP contribution in [-0.2, 0) is 0 Å². The Morgan fingerprint density at radius 2 is 2.07 bits per heavy atom. The molecule has 1 rings (SSSR count). The van der Waals surface area contributed by atoms with Gasteiger partial charge in [-0.25, -0.2) is 0 Å². The Labute approximate surface area is 84.2 Å². The van der Waals surface area contributed by atoms with Gasteiger partial charge in [0.1, 0.15) is 5.75 Å². The zero-order chi connectivity index (χ0) is 10.6. The molecule has 0 radical (unpaired) electrons. The molecule has 2 heteroatoms. The Kier molecular flexibility index (Phi) is 3.46. The van der Waals surface area contributed by atoms with Crippen LogP contribution in [-0.4, -0.2) is 5.78 Å². The molecule has 2 nitrogen and oxygen atoms in total. The van der Waals surface area contributed by atoms with E-state index in [4.69, 9.17) is 4.74 Å². The molecule has 0 aliphatic heterocycles. The molecule has 0 heterocycles. The second-order valence-electron chi connectivity index (χ2n) is 3.30. The Hall–Kier alpha value is -1.57. The van der Waals surface area contributed by atoms with Gasteiger partial charge in [0.05, 0.1) is 11.8 Å². The molecule has 1 aromatic carbocycles. The van der Waals surface area contributed by atoms with Crippen LogP contribution in [0, 0.1) is 5.92 Å². The summed E-state index contributed by atoms with van der Waals surface area (Å²) in [5, 5.41) is 0. The summed E-state index contributed by atoms with van der Waals surface area (Å²) in [5.74, 6) is 0.633. The number of carbonyl (C=O) groups excluding carboxylic acids is 1. The molecule has 0 N–H and O–H groups in total. The van der Waals surface area contributed by atoms with Crippen molar-refractivity contribution in [3.05, 3.63) is 42.7 Å². The van der Waals surface area contributed by atoms with Crippen LogP contribution in [0.15, 0.2) is 37.1 Å². The molecule has 0 atom stereocenters. The maximum absolute atomic E-state index is 11.7. The summed E-state index contributed by atoms with van der Waals surface area (Å²) in [4.78, 5) is 11.7. The number of ether oxygens (including phenoxy) is 1. The third-order valence-corrected chi connectivity index (χ3v) is 1.89. The fourth-order valence-electron chi connectivity index (χ4n) is 1.17. The maximum atomic E-state index is 11.7. The van der Waals surface area contributed by atoms with E-state index in [-0.39, 0.29) is 11.7 Å². The monoisotopic (exact) mass is 190 g/mol. The highest BCUT2D eigenvalue weighted by Crippen LogP contribution is 2.21. The summed E-state index contributed by atoms with van der Waals surface area (Å²) >= 11 is 0. The minimum absolute atomic E-state index is 0.0236. The number of benzene rings is 1. The zero-order valence-electron chi connectivity index (χ0n) is 8.49. The van der Waals surface area contributed by atoms with E-state index < -0.39 is 0 Å². The molecule has 1 aromatic rings. The van der Waals surface area contributed by atoms with E-state index in [1.165, 1.54) is 6.26 Å². The topological polar surface area (TPSA) is 26.3 Å². The first-order chi connectivity index (χ1) is 6.66. The molecule has 0 aliphatic rings. The number of carbonyl (C=O) groups is 1. The predicted molar refractivity (Wildman–Crippen MR) is 56.4 cm³/mol. The molecule has 0 amide bonds. The van der Waals surface area contributed by atoms with Gasteiger partial charge in [-0.3, -0.25) is 4.79 Å². The van der Waals surface area contributed by atoms with Gasteiger partial charge >= 0.3 is 0 Å². The van der Waals surface area contributed by atoms with Gasteiger partial charge in [-0.1, -0.05) is 32.6 Å². The lowest BCUT2D eigenvalue weighted by Crippen LogP contribution is -2.08. The lowest BCUT2D eigenvalue weighted by molar-refractivity contribution is 0.0937. The highest BCUT2D eigenvalue weighted by molar-refractivity contribution is 5.99. The van der Waals surface area contributed by atoms with Crippen molar-refractivity contribution in [1.82, 2.24) is 0 Å². The smallest absolute Gasteiger partial charge is 0.169 e. The van der Waals surface area contributed by atoms with Crippen LogP contribution < -0.4 is 4.74 Å². The fraction of sp³-hybridized carbons (Fsp3) is 0.250. The number of hydrogen-bond acceptors (Lipinski definition) is 2.